The van der Waals surface area contributed by atoms with Crippen molar-refractivity contribution in [1.29, 1.82) is 0 Å². The van der Waals surface area contributed by atoms with E-state index in [1.165, 1.54) is 12.8 Å². The topological polar surface area (TPSA) is 61.3 Å². The molecule has 31 heavy (non-hydrogen) atoms. The highest BCUT2D eigenvalue weighted by atomic mass is 16.6. The van der Waals surface area contributed by atoms with Gasteiger partial charge >= 0.3 is 5.97 Å². The maximum atomic E-state index is 12.9. The van der Waals surface area contributed by atoms with Crippen LogP contribution < -0.4 is 4.74 Å². The number of carbonyl (C=O) groups is 1. The highest BCUT2D eigenvalue weighted by Crippen LogP contribution is 2.39. The van der Waals surface area contributed by atoms with E-state index in [-0.39, 0.29) is 5.97 Å². The number of ether oxygens (including phenoxy) is 2. The summed E-state index contributed by atoms with van der Waals surface area (Å²) < 4.78 is 11.3. The Morgan fingerprint density at radius 1 is 1.06 bits per heavy atom. The fourth-order valence-electron chi connectivity index (χ4n) is 4.33. The van der Waals surface area contributed by atoms with Gasteiger partial charge in [-0.25, -0.2) is 14.8 Å². The van der Waals surface area contributed by atoms with Gasteiger partial charge in [-0.05, 0) is 76.3 Å². The lowest BCUT2D eigenvalue weighted by atomic mass is 9.90. The van der Waals surface area contributed by atoms with Crippen LogP contribution in [0.25, 0.3) is 22.2 Å². The molecule has 4 rings (SSSR count). The van der Waals surface area contributed by atoms with Crippen molar-refractivity contribution in [2.45, 2.75) is 64.9 Å². The molecule has 0 aliphatic heterocycles. The molecule has 162 valence electrons. The molecule has 2 aromatic carbocycles. The average molecular weight is 419 g/mol. The molecular formula is C26H30N2O3. The van der Waals surface area contributed by atoms with Crippen molar-refractivity contribution in [1.82, 2.24) is 9.97 Å². The molecule has 0 radical (unpaired) electrons. The zero-order valence-corrected chi connectivity index (χ0v) is 18.8. The summed E-state index contributed by atoms with van der Waals surface area (Å²) in [5.41, 5.74) is 3.91. The monoisotopic (exact) mass is 418 g/mol. The van der Waals surface area contributed by atoms with Gasteiger partial charge in [0, 0.05) is 17.0 Å². The van der Waals surface area contributed by atoms with Crippen molar-refractivity contribution in [3.05, 3.63) is 53.9 Å². The number of benzene rings is 2. The molecular weight excluding hydrogens is 388 g/mol. The summed E-state index contributed by atoms with van der Waals surface area (Å²) in [5, 5.41) is 0.966. The van der Waals surface area contributed by atoms with Gasteiger partial charge in [0.05, 0.1) is 23.4 Å². The van der Waals surface area contributed by atoms with Crippen molar-refractivity contribution in [3.63, 3.8) is 0 Å². The van der Waals surface area contributed by atoms with Crippen molar-refractivity contribution in [3.8, 4) is 17.0 Å². The van der Waals surface area contributed by atoms with Gasteiger partial charge in [-0.2, -0.15) is 0 Å². The van der Waals surface area contributed by atoms with Crippen molar-refractivity contribution >= 4 is 16.9 Å². The molecule has 5 nitrogen and oxygen atoms in total. The second kappa shape index (κ2) is 8.66. The molecule has 0 spiro atoms. The average Bonchev–Trinajstić information content (AvgIpc) is 3.26. The van der Waals surface area contributed by atoms with Crippen LogP contribution in [0.1, 0.15) is 75.2 Å². The Hall–Kier alpha value is -2.95. The van der Waals surface area contributed by atoms with Crippen molar-refractivity contribution < 1.29 is 14.3 Å². The van der Waals surface area contributed by atoms with E-state index in [4.69, 9.17) is 9.47 Å². The fourth-order valence-corrected chi connectivity index (χ4v) is 4.33. The molecule has 1 aromatic heterocycles. The van der Waals surface area contributed by atoms with Crippen LogP contribution in [0.15, 0.2) is 42.7 Å². The number of nitrogens with zero attached hydrogens (tertiary/aromatic N) is 2. The van der Waals surface area contributed by atoms with E-state index >= 15 is 0 Å². The Bertz CT molecular complexity index is 1100. The lowest BCUT2D eigenvalue weighted by Gasteiger charge is -2.22. The molecule has 3 aromatic rings. The van der Waals surface area contributed by atoms with Gasteiger partial charge in [0.2, 0.25) is 0 Å². The zero-order valence-electron chi connectivity index (χ0n) is 18.8. The third-order valence-corrected chi connectivity index (χ3v) is 5.66. The molecule has 0 saturated heterocycles. The van der Waals surface area contributed by atoms with Gasteiger partial charge in [-0.3, -0.25) is 0 Å². The van der Waals surface area contributed by atoms with Crippen LogP contribution >= 0.6 is 0 Å². The minimum absolute atomic E-state index is 0.255. The van der Waals surface area contributed by atoms with Gasteiger partial charge in [0.25, 0.3) is 0 Å². The lowest BCUT2D eigenvalue weighted by molar-refractivity contribution is 0.00678. The lowest BCUT2D eigenvalue weighted by Crippen LogP contribution is -2.24. The molecule has 0 unspecified atom stereocenters. The van der Waals surface area contributed by atoms with Crippen LogP contribution in [0, 0.1) is 0 Å². The van der Waals surface area contributed by atoms with Crippen LogP contribution in [-0.4, -0.2) is 28.1 Å². The van der Waals surface area contributed by atoms with E-state index in [0.29, 0.717) is 18.1 Å². The molecule has 1 aliphatic carbocycles. The van der Waals surface area contributed by atoms with Gasteiger partial charge < -0.3 is 9.47 Å². The van der Waals surface area contributed by atoms with Gasteiger partial charge in [-0.1, -0.05) is 18.9 Å². The van der Waals surface area contributed by atoms with Gasteiger partial charge in [-0.15, -0.1) is 0 Å². The van der Waals surface area contributed by atoms with Crippen LogP contribution in [0.5, 0.6) is 5.75 Å². The molecule has 1 aliphatic rings. The summed E-state index contributed by atoms with van der Waals surface area (Å²) in [7, 11) is 0. The number of hydrogen-bond acceptors (Lipinski definition) is 5. The van der Waals surface area contributed by atoms with E-state index in [1.54, 1.807) is 6.33 Å². The Balaban J connectivity index is 1.79. The van der Waals surface area contributed by atoms with E-state index in [2.05, 4.69) is 16.0 Å². The molecule has 1 saturated carbocycles. The Labute approximate surface area is 183 Å². The standard InChI is InChI=1S/C26H30N2O3/c1-5-30-19-11-13-21-23(15-19)27-16-28-24(21)18-10-12-20(25(29)31-26(2,3)4)22(14-18)17-8-6-7-9-17/h10-17H,5-9H2,1-4H3. The van der Waals surface area contributed by atoms with E-state index < -0.39 is 5.60 Å². The molecule has 0 amide bonds. The maximum absolute atomic E-state index is 12.9. The summed E-state index contributed by atoms with van der Waals surface area (Å²) >= 11 is 0. The number of hydrogen-bond donors (Lipinski definition) is 0. The van der Waals surface area contributed by atoms with Crippen LogP contribution in [0.4, 0.5) is 0 Å². The third kappa shape index (κ3) is 4.71. The summed E-state index contributed by atoms with van der Waals surface area (Å²) in [4.78, 5) is 22.0. The van der Waals surface area contributed by atoms with Gasteiger partial charge in [0.1, 0.15) is 17.7 Å². The smallest absolute Gasteiger partial charge is 0.338 e. The second-order valence-electron chi connectivity index (χ2n) is 9.12. The Morgan fingerprint density at radius 3 is 2.55 bits per heavy atom. The number of esters is 1. The van der Waals surface area contributed by atoms with E-state index in [1.807, 2.05) is 58.0 Å². The normalized spacial score (nSPS) is 14.7. The number of aromatic nitrogens is 2. The Kier molecular flexibility index (Phi) is 5.94. The van der Waals surface area contributed by atoms with Crippen LogP contribution in [0.3, 0.4) is 0 Å². The molecule has 0 N–H and O–H groups in total. The summed E-state index contributed by atoms with van der Waals surface area (Å²) in [5.74, 6) is 0.918. The first-order chi connectivity index (χ1) is 14.9. The second-order valence-corrected chi connectivity index (χ2v) is 9.12. The molecule has 5 heteroatoms. The summed E-state index contributed by atoms with van der Waals surface area (Å²) in [6.45, 7) is 8.28. The minimum atomic E-state index is -0.524. The third-order valence-electron chi connectivity index (χ3n) is 5.66. The molecule has 1 heterocycles. The van der Waals surface area contributed by atoms with E-state index in [0.717, 1.165) is 46.3 Å². The quantitative estimate of drug-likeness (QED) is 0.455. The largest absolute Gasteiger partial charge is 0.494 e. The Morgan fingerprint density at radius 2 is 1.84 bits per heavy atom. The first-order valence-electron chi connectivity index (χ1n) is 11.1. The summed E-state index contributed by atoms with van der Waals surface area (Å²) in [6.07, 6.45) is 6.17. The van der Waals surface area contributed by atoms with Crippen LogP contribution in [-0.2, 0) is 4.74 Å². The number of fused-ring (bicyclic) bond motifs is 1. The van der Waals surface area contributed by atoms with Gasteiger partial charge in [0.15, 0.2) is 0 Å². The highest BCUT2D eigenvalue weighted by Gasteiger charge is 2.26. The SMILES string of the molecule is CCOc1ccc2c(-c3ccc(C(=O)OC(C)(C)C)c(C4CCCC4)c3)ncnc2c1. The van der Waals surface area contributed by atoms with Crippen molar-refractivity contribution in [2.24, 2.45) is 0 Å². The number of carbonyl (C=O) groups excluding carboxylic acids is 1. The summed E-state index contributed by atoms with van der Waals surface area (Å²) in [6, 6.07) is 11.9. The molecule has 0 bridgehead atoms. The van der Waals surface area contributed by atoms with Crippen molar-refractivity contribution in [2.75, 3.05) is 6.61 Å². The molecule has 0 atom stereocenters. The fraction of sp³-hybridized carbons (Fsp3) is 0.423. The highest BCUT2D eigenvalue weighted by molar-refractivity contribution is 5.95. The van der Waals surface area contributed by atoms with Crippen LogP contribution in [0.2, 0.25) is 0 Å². The molecule has 1 fully saturated rings. The van der Waals surface area contributed by atoms with E-state index in [9.17, 15) is 4.79 Å². The minimum Gasteiger partial charge on any atom is -0.494 e. The number of rotatable bonds is 5. The maximum Gasteiger partial charge on any atom is 0.338 e. The predicted octanol–water partition coefficient (Wildman–Crippen LogP) is 6.31. The first-order valence-corrected chi connectivity index (χ1v) is 11.1. The zero-order chi connectivity index (χ0) is 22.0. The first kappa shape index (κ1) is 21.3. The predicted molar refractivity (Wildman–Crippen MR) is 123 cm³/mol.